The normalized spacial score (nSPS) is 25.3. The molecule has 1 aromatic rings. The molecule has 2 rings (SSSR count). The Kier molecular flexibility index (Phi) is 6.04. The topological polar surface area (TPSA) is 88.2 Å². The van der Waals surface area contributed by atoms with Crippen molar-refractivity contribution in [3.63, 3.8) is 0 Å². The first-order valence-electron chi connectivity index (χ1n) is 7.28. The third-order valence-corrected chi connectivity index (χ3v) is 6.14. The molecule has 5 nitrogen and oxygen atoms in total. The summed E-state index contributed by atoms with van der Waals surface area (Å²) in [4.78, 5) is 16.3. The zero-order valence-corrected chi connectivity index (χ0v) is 14.0. The minimum atomic E-state index is -0.838. The quantitative estimate of drug-likeness (QED) is 0.765. The fraction of sp³-hybridized carbons (Fsp3) is 0.714. The largest absolute Gasteiger partial charge is 0.391 e. The third-order valence-electron chi connectivity index (χ3n) is 3.71. The number of nitrogens with one attached hydrogen (secondary N) is 1. The standard InChI is InChI=1S/C14H23N3O2S2/c1-8-7-20-14(16-8)21-11-5-3-10(4-6-11)17-13(19)12(15)9(2)18/h7,9-12,18H,3-6,15H2,1-2H3,(H,17,19)/t9-,10?,11?,12+/m1/s1. The number of rotatable bonds is 5. The minimum Gasteiger partial charge on any atom is -0.391 e. The van der Waals surface area contributed by atoms with Gasteiger partial charge in [-0.1, -0.05) is 11.8 Å². The van der Waals surface area contributed by atoms with Crippen LogP contribution in [0, 0.1) is 6.92 Å². The zero-order valence-electron chi connectivity index (χ0n) is 12.4. The molecule has 0 unspecified atom stereocenters. The molecule has 1 amide bonds. The molecule has 4 N–H and O–H groups in total. The lowest BCUT2D eigenvalue weighted by molar-refractivity contribution is -0.125. The fourth-order valence-corrected chi connectivity index (χ4v) is 4.66. The van der Waals surface area contributed by atoms with Crippen LogP contribution < -0.4 is 11.1 Å². The van der Waals surface area contributed by atoms with Gasteiger partial charge in [0.05, 0.1) is 6.10 Å². The van der Waals surface area contributed by atoms with Crippen LogP contribution in [-0.4, -0.2) is 39.4 Å². The van der Waals surface area contributed by atoms with Crippen LogP contribution in [0.25, 0.3) is 0 Å². The lowest BCUT2D eigenvalue weighted by Crippen LogP contribution is -2.51. The number of aryl methyl sites for hydroxylation is 1. The van der Waals surface area contributed by atoms with Gasteiger partial charge in [0.15, 0.2) is 0 Å². The summed E-state index contributed by atoms with van der Waals surface area (Å²) in [5, 5.41) is 14.9. The van der Waals surface area contributed by atoms with Gasteiger partial charge >= 0.3 is 0 Å². The highest BCUT2D eigenvalue weighted by Gasteiger charge is 2.26. The van der Waals surface area contributed by atoms with E-state index in [2.05, 4.69) is 15.7 Å². The number of hydrogen-bond donors (Lipinski definition) is 3. The van der Waals surface area contributed by atoms with Crippen molar-refractivity contribution in [2.75, 3.05) is 0 Å². The van der Waals surface area contributed by atoms with Gasteiger partial charge in [-0.05, 0) is 39.5 Å². The minimum absolute atomic E-state index is 0.178. The predicted octanol–water partition coefficient (Wildman–Crippen LogP) is 1.68. The van der Waals surface area contributed by atoms with E-state index in [9.17, 15) is 9.90 Å². The average molecular weight is 329 g/mol. The Morgan fingerprint density at radius 3 is 2.71 bits per heavy atom. The van der Waals surface area contributed by atoms with Gasteiger partial charge in [-0.2, -0.15) is 0 Å². The first-order chi connectivity index (χ1) is 9.95. The molecule has 2 atom stereocenters. The summed E-state index contributed by atoms with van der Waals surface area (Å²) in [6, 6.07) is -0.660. The van der Waals surface area contributed by atoms with Crippen LogP contribution in [0.15, 0.2) is 9.72 Å². The third kappa shape index (κ3) is 4.95. The second-order valence-electron chi connectivity index (χ2n) is 5.62. The monoisotopic (exact) mass is 329 g/mol. The van der Waals surface area contributed by atoms with Crippen LogP contribution in [0.3, 0.4) is 0 Å². The molecule has 0 aliphatic heterocycles. The number of aliphatic hydroxyl groups excluding tert-OH is 1. The molecule has 1 aromatic heterocycles. The highest BCUT2D eigenvalue weighted by atomic mass is 32.2. The number of thiazole rings is 1. The number of nitrogens with two attached hydrogens (primary N) is 1. The molecule has 21 heavy (non-hydrogen) atoms. The van der Waals surface area contributed by atoms with Gasteiger partial charge in [0.2, 0.25) is 5.91 Å². The van der Waals surface area contributed by atoms with Gasteiger partial charge in [0.25, 0.3) is 0 Å². The molecule has 1 aliphatic rings. The van der Waals surface area contributed by atoms with Crippen LogP contribution >= 0.6 is 23.1 Å². The van der Waals surface area contributed by atoms with E-state index in [0.29, 0.717) is 5.25 Å². The smallest absolute Gasteiger partial charge is 0.239 e. The summed E-state index contributed by atoms with van der Waals surface area (Å²) >= 11 is 3.55. The van der Waals surface area contributed by atoms with Gasteiger partial charge in [-0.3, -0.25) is 4.79 Å². The van der Waals surface area contributed by atoms with Crippen molar-refractivity contribution in [1.29, 1.82) is 0 Å². The lowest BCUT2D eigenvalue weighted by atomic mass is 9.94. The van der Waals surface area contributed by atoms with Crippen molar-refractivity contribution < 1.29 is 9.90 Å². The number of amides is 1. The molecule has 0 saturated heterocycles. The Bertz CT molecular complexity index is 471. The van der Waals surface area contributed by atoms with Gasteiger partial charge in [-0.25, -0.2) is 4.98 Å². The van der Waals surface area contributed by atoms with E-state index in [1.54, 1.807) is 11.3 Å². The molecular weight excluding hydrogens is 306 g/mol. The van der Waals surface area contributed by atoms with E-state index in [0.717, 1.165) is 35.7 Å². The van der Waals surface area contributed by atoms with Gasteiger partial charge in [-0.15, -0.1) is 11.3 Å². The van der Waals surface area contributed by atoms with Crippen molar-refractivity contribution in [3.05, 3.63) is 11.1 Å². The van der Waals surface area contributed by atoms with E-state index in [4.69, 9.17) is 5.73 Å². The Hall–Kier alpha value is -0.630. The second-order valence-corrected chi connectivity index (χ2v) is 8.03. The maximum absolute atomic E-state index is 11.8. The summed E-state index contributed by atoms with van der Waals surface area (Å²) in [6.45, 7) is 3.55. The molecule has 1 fully saturated rings. The van der Waals surface area contributed by atoms with E-state index in [1.807, 2.05) is 18.7 Å². The number of thioether (sulfide) groups is 1. The Morgan fingerprint density at radius 2 is 2.19 bits per heavy atom. The van der Waals surface area contributed by atoms with Crippen molar-refractivity contribution in [2.45, 2.75) is 67.3 Å². The molecule has 0 aromatic carbocycles. The molecule has 1 aliphatic carbocycles. The molecular formula is C14H23N3O2S2. The Balaban J connectivity index is 1.74. The maximum Gasteiger partial charge on any atom is 0.239 e. The molecule has 7 heteroatoms. The number of hydrogen-bond acceptors (Lipinski definition) is 6. The second kappa shape index (κ2) is 7.58. The summed E-state index contributed by atoms with van der Waals surface area (Å²) in [6.07, 6.45) is 3.24. The van der Waals surface area contributed by atoms with Crippen molar-refractivity contribution in [1.82, 2.24) is 10.3 Å². The maximum atomic E-state index is 11.8. The number of nitrogens with zero attached hydrogens (tertiary/aromatic N) is 1. The Morgan fingerprint density at radius 1 is 1.52 bits per heavy atom. The lowest BCUT2D eigenvalue weighted by Gasteiger charge is -2.29. The summed E-state index contributed by atoms with van der Waals surface area (Å²) in [5.41, 5.74) is 6.72. The molecule has 118 valence electrons. The van der Waals surface area contributed by atoms with E-state index in [1.165, 1.54) is 6.92 Å². The highest BCUT2D eigenvalue weighted by molar-refractivity contribution is 8.01. The van der Waals surface area contributed by atoms with Crippen LogP contribution in [0.2, 0.25) is 0 Å². The van der Waals surface area contributed by atoms with E-state index < -0.39 is 12.1 Å². The Labute approximate surface area is 133 Å². The van der Waals surface area contributed by atoms with Crippen LogP contribution in [-0.2, 0) is 4.79 Å². The first-order valence-corrected chi connectivity index (χ1v) is 9.04. The van der Waals surface area contributed by atoms with Crippen molar-refractivity contribution in [2.24, 2.45) is 5.73 Å². The summed E-state index contributed by atoms with van der Waals surface area (Å²) in [5.74, 6) is -0.253. The number of carbonyl (C=O) groups is 1. The van der Waals surface area contributed by atoms with Gasteiger partial charge in [0, 0.05) is 22.4 Å². The fourth-order valence-electron chi connectivity index (χ4n) is 2.37. The zero-order chi connectivity index (χ0) is 15.4. The van der Waals surface area contributed by atoms with Crippen molar-refractivity contribution >= 4 is 29.0 Å². The molecule has 1 heterocycles. The first kappa shape index (κ1) is 16.7. The highest BCUT2D eigenvalue weighted by Crippen LogP contribution is 2.35. The van der Waals surface area contributed by atoms with Gasteiger partial charge < -0.3 is 16.2 Å². The van der Waals surface area contributed by atoms with Crippen LogP contribution in [0.4, 0.5) is 0 Å². The molecule has 0 spiro atoms. The SMILES string of the molecule is Cc1csc(SC2CCC(NC(=O)[C@@H](N)[C@@H](C)O)CC2)n1. The van der Waals surface area contributed by atoms with E-state index in [-0.39, 0.29) is 11.9 Å². The number of aliphatic hydroxyl groups is 1. The summed E-state index contributed by atoms with van der Waals surface area (Å²) in [7, 11) is 0. The predicted molar refractivity (Wildman–Crippen MR) is 86.6 cm³/mol. The molecule has 1 saturated carbocycles. The molecule has 0 bridgehead atoms. The molecule has 0 radical (unpaired) electrons. The average Bonchev–Trinajstić information content (AvgIpc) is 2.85. The van der Waals surface area contributed by atoms with E-state index >= 15 is 0 Å². The van der Waals surface area contributed by atoms with Gasteiger partial charge in [0.1, 0.15) is 10.4 Å². The number of aromatic nitrogens is 1. The number of carbonyl (C=O) groups excluding carboxylic acids is 1. The summed E-state index contributed by atoms with van der Waals surface area (Å²) < 4.78 is 1.14. The van der Waals surface area contributed by atoms with Crippen molar-refractivity contribution in [3.8, 4) is 0 Å². The van der Waals surface area contributed by atoms with Crippen LogP contribution in [0.5, 0.6) is 0 Å². The van der Waals surface area contributed by atoms with Crippen LogP contribution in [0.1, 0.15) is 38.3 Å².